The summed E-state index contributed by atoms with van der Waals surface area (Å²) in [6.07, 6.45) is 1.30. The third kappa shape index (κ3) is 4.27. The van der Waals surface area contributed by atoms with Gasteiger partial charge in [0.05, 0.1) is 12.3 Å². The number of anilines is 1. The fourth-order valence-corrected chi connectivity index (χ4v) is 4.30. The lowest BCUT2D eigenvalue weighted by Crippen LogP contribution is -2.41. The van der Waals surface area contributed by atoms with Gasteiger partial charge in [-0.15, -0.1) is 11.3 Å². The Kier molecular flexibility index (Phi) is 5.53. The van der Waals surface area contributed by atoms with Gasteiger partial charge in [-0.25, -0.2) is 4.98 Å². The van der Waals surface area contributed by atoms with E-state index in [0.717, 1.165) is 22.3 Å². The first-order chi connectivity index (χ1) is 14.0. The topological polar surface area (TPSA) is 87.3 Å². The number of carbonyl (C=O) groups is 2. The van der Waals surface area contributed by atoms with Gasteiger partial charge in [0, 0.05) is 41.4 Å². The number of rotatable bonds is 5. The molecule has 0 unspecified atom stereocenters. The summed E-state index contributed by atoms with van der Waals surface area (Å²) in [4.78, 5) is 34.7. The number of nitrogens with zero attached hydrogens (tertiary/aromatic N) is 2. The number of hydrogen-bond acceptors (Lipinski definition) is 5. The number of aromatic amines is 1. The average Bonchev–Trinajstić information content (AvgIpc) is 3.33. The van der Waals surface area contributed by atoms with Gasteiger partial charge in [-0.05, 0) is 44.9 Å². The van der Waals surface area contributed by atoms with E-state index in [9.17, 15) is 9.59 Å². The molecule has 2 N–H and O–H groups in total. The predicted octanol–water partition coefficient (Wildman–Crippen LogP) is 3.82. The molecule has 0 radical (unpaired) electrons. The zero-order chi connectivity index (χ0) is 20.4. The molecule has 2 aromatic heterocycles. The van der Waals surface area contributed by atoms with Gasteiger partial charge in [-0.2, -0.15) is 0 Å². The first-order valence-corrected chi connectivity index (χ1v) is 10.7. The zero-order valence-corrected chi connectivity index (χ0v) is 17.3. The Labute approximate surface area is 173 Å². The van der Waals surface area contributed by atoms with Crippen molar-refractivity contribution >= 4 is 39.2 Å². The van der Waals surface area contributed by atoms with Crippen LogP contribution >= 0.6 is 11.3 Å². The van der Waals surface area contributed by atoms with E-state index in [-0.39, 0.29) is 17.7 Å². The number of piperidine rings is 1. The van der Waals surface area contributed by atoms with Crippen LogP contribution in [-0.4, -0.2) is 46.4 Å². The maximum absolute atomic E-state index is 12.9. The Balaban J connectivity index is 1.37. The minimum Gasteiger partial charge on any atom is -0.494 e. The number of hydrogen-bond donors (Lipinski definition) is 2. The molecule has 0 bridgehead atoms. The first kappa shape index (κ1) is 19.4. The number of H-pyrrole nitrogens is 1. The van der Waals surface area contributed by atoms with Crippen molar-refractivity contribution < 1.29 is 14.3 Å². The number of amides is 2. The molecule has 0 atom stereocenters. The summed E-state index contributed by atoms with van der Waals surface area (Å²) in [6.45, 7) is 5.57. The molecule has 1 aliphatic rings. The van der Waals surface area contributed by atoms with E-state index in [4.69, 9.17) is 4.74 Å². The van der Waals surface area contributed by atoms with Crippen LogP contribution < -0.4 is 10.1 Å². The smallest absolute Gasteiger partial charge is 0.270 e. The van der Waals surface area contributed by atoms with Crippen molar-refractivity contribution in [3.63, 3.8) is 0 Å². The van der Waals surface area contributed by atoms with E-state index in [1.54, 1.807) is 0 Å². The molecule has 3 aromatic rings. The molecule has 8 heteroatoms. The Morgan fingerprint density at radius 1 is 1.31 bits per heavy atom. The molecule has 0 spiro atoms. The summed E-state index contributed by atoms with van der Waals surface area (Å²) in [7, 11) is 0. The lowest BCUT2D eigenvalue weighted by Gasteiger charge is -2.30. The average molecular weight is 413 g/mol. The van der Waals surface area contributed by atoms with E-state index >= 15 is 0 Å². The van der Waals surface area contributed by atoms with Crippen molar-refractivity contribution in [2.24, 2.45) is 5.92 Å². The van der Waals surface area contributed by atoms with Crippen LogP contribution in [0.2, 0.25) is 0 Å². The van der Waals surface area contributed by atoms with Gasteiger partial charge in [-0.1, -0.05) is 0 Å². The number of thiazole rings is 1. The first-order valence-electron chi connectivity index (χ1n) is 9.81. The number of carbonyl (C=O) groups excluding carboxylic acids is 2. The van der Waals surface area contributed by atoms with E-state index < -0.39 is 0 Å². The molecule has 4 rings (SSSR count). The number of ether oxygens (including phenoxy) is 1. The highest BCUT2D eigenvalue weighted by molar-refractivity contribution is 7.13. The van der Waals surface area contributed by atoms with Crippen LogP contribution in [0.3, 0.4) is 0 Å². The van der Waals surface area contributed by atoms with Crippen molar-refractivity contribution in [3.05, 3.63) is 41.0 Å². The van der Waals surface area contributed by atoms with Crippen LogP contribution in [0.1, 0.15) is 35.9 Å². The minimum absolute atomic E-state index is 0.0134. The number of fused-ring (bicyclic) bond motifs is 1. The Morgan fingerprint density at radius 3 is 2.79 bits per heavy atom. The molecule has 1 fully saturated rings. The van der Waals surface area contributed by atoms with Crippen molar-refractivity contribution in [2.75, 3.05) is 25.0 Å². The van der Waals surface area contributed by atoms with Gasteiger partial charge in [0.15, 0.2) is 5.13 Å². The van der Waals surface area contributed by atoms with E-state index in [1.807, 2.05) is 48.4 Å². The van der Waals surface area contributed by atoms with Gasteiger partial charge in [0.1, 0.15) is 11.4 Å². The highest BCUT2D eigenvalue weighted by Crippen LogP contribution is 2.25. The normalized spacial score (nSPS) is 14.9. The van der Waals surface area contributed by atoms with E-state index in [1.165, 1.54) is 11.3 Å². The maximum Gasteiger partial charge on any atom is 0.270 e. The number of aromatic nitrogens is 2. The molecule has 2 amide bonds. The van der Waals surface area contributed by atoms with Crippen LogP contribution in [0.15, 0.2) is 29.6 Å². The zero-order valence-electron chi connectivity index (χ0n) is 16.5. The third-order valence-electron chi connectivity index (χ3n) is 5.14. The van der Waals surface area contributed by atoms with Crippen molar-refractivity contribution in [1.82, 2.24) is 14.9 Å². The molecular formula is C21H24N4O3S. The van der Waals surface area contributed by atoms with E-state index in [2.05, 4.69) is 15.3 Å². The maximum atomic E-state index is 12.9. The number of likely N-dealkylation sites (tertiary alicyclic amines) is 1. The molecule has 1 aromatic carbocycles. The third-order valence-corrected chi connectivity index (χ3v) is 6.01. The highest BCUT2D eigenvalue weighted by Gasteiger charge is 2.28. The van der Waals surface area contributed by atoms with E-state index in [0.29, 0.717) is 43.4 Å². The van der Waals surface area contributed by atoms with Crippen molar-refractivity contribution in [3.8, 4) is 5.75 Å². The lowest BCUT2D eigenvalue weighted by molar-refractivity contribution is -0.121. The molecule has 0 saturated carbocycles. The summed E-state index contributed by atoms with van der Waals surface area (Å²) >= 11 is 1.43. The quantitative estimate of drug-likeness (QED) is 0.667. The monoisotopic (exact) mass is 412 g/mol. The fourth-order valence-electron chi connectivity index (χ4n) is 3.61. The second-order valence-corrected chi connectivity index (χ2v) is 8.07. The van der Waals surface area contributed by atoms with Gasteiger partial charge >= 0.3 is 0 Å². The van der Waals surface area contributed by atoms with Gasteiger partial charge in [0.2, 0.25) is 5.91 Å². The molecule has 1 saturated heterocycles. The largest absolute Gasteiger partial charge is 0.494 e. The molecule has 1 aliphatic heterocycles. The van der Waals surface area contributed by atoms with Crippen LogP contribution in [0.5, 0.6) is 5.75 Å². The molecule has 0 aliphatic carbocycles. The second kappa shape index (κ2) is 8.24. The molecular weight excluding hydrogens is 388 g/mol. The number of nitrogens with one attached hydrogen (secondary N) is 2. The molecule has 3 heterocycles. The standard InChI is InChI=1S/C21H24N4O3S/c1-3-28-16-5-4-15-10-18(23-17(15)11-16)20(27)25-8-6-14(7-9-25)19(26)24-21-22-13(2)12-29-21/h4-5,10-12,14,23H,3,6-9H2,1-2H3,(H,22,24,26). The Morgan fingerprint density at radius 2 is 2.10 bits per heavy atom. The molecule has 152 valence electrons. The Hall–Kier alpha value is -2.87. The van der Waals surface area contributed by atoms with Crippen LogP contribution in [-0.2, 0) is 4.79 Å². The minimum atomic E-state index is -0.0975. The SMILES string of the molecule is CCOc1ccc2cc(C(=O)N3CCC(C(=O)Nc4nc(C)cs4)CC3)[nH]c2c1. The van der Waals surface area contributed by atoms with Crippen molar-refractivity contribution in [1.29, 1.82) is 0 Å². The number of aryl methyl sites for hydroxylation is 1. The summed E-state index contributed by atoms with van der Waals surface area (Å²) in [5.74, 6) is 0.636. The fraction of sp³-hybridized carbons (Fsp3) is 0.381. The van der Waals surface area contributed by atoms with Crippen molar-refractivity contribution in [2.45, 2.75) is 26.7 Å². The summed E-state index contributed by atoms with van der Waals surface area (Å²) in [6, 6.07) is 7.63. The van der Waals surface area contributed by atoms with Crippen LogP contribution in [0.4, 0.5) is 5.13 Å². The van der Waals surface area contributed by atoms with Gasteiger partial charge in [0.25, 0.3) is 5.91 Å². The second-order valence-electron chi connectivity index (χ2n) is 7.21. The Bertz CT molecular complexity index is 1030. The molecule has 7 nitrogen and oxygen atoms in total. The van der Waals surface area contributed by atoms with Crippen LogP contribution in [0.25, 0.3) is 10.9 Å². The van der Waals surface area contributed by atoms with Gasteiger partial charge in [-0.3, -0.25) is 9.59 Å². The number of benzene rings is 1. The summed E-state index contributed by atoms with van der Waals surface area (Å²) in [5.41, 5.74) is 2.35. The summed E-state index contributed by atoms with van der Waals surface area (Å²) < 4.78 is 5.52. The highest BCUT2D eigenvalue weighted by atomic mass is 32.1. The lowest BCUT2D eigenvalue weighted by atomic mass is 9.96. The van der Waals surface area contributed by atoms with Crippen LogP contribution in [0, 0.1) is 12.8 Å². The van der Waals surface area contributed by atoms with Gasteiger partial charge < -0.3 is 19.9 Å². The molecule has 29 heavy (non-hydrogen) atoms. The predicted molar refractivity (Wildman–Crippen MR) is 114 cm³/mol. The summed E-state index contributed by atoms with van der Waals surface area (Å²) in [5, 5.41) is 6.41.